The zero-order valence-corrected chi connectivity index (χ0v) is 14.8. The van der Waals surface area contributed by atoms with E-state index in [1.54, 1.807) is 13.8 Å². The van der Waals surface area contributed by atoms with Gasteiger partial charge in [0.1, 0.15) is 0 Å². The largest absolute Gasteiger partial charge is 4.00 e. The zero-order chi connectivity index (χ0) is 14.2. The summed E-state index contributed by atoms with van der Waals surface area (Å²) in [7, 11) is 0. The first kappa shape index (κ1) is 23.6. The molecule has 3 heteroatoms. The topological polar surface area (TPSA) is 46.1 Å². The summed E-state index contributed by atoms with van der Waals surface area (Å²) in [5, 5.41) is 17.9. The molecule has 0 aliphatic heterocycles. The van der Waals surface area contributed by atoms with Crippen molar-refractivity contribution in [2.45, 2.75) is 27.7 Å². The molecule has 0 atom stereocenters. The Morgan fingerprint density at radius 3 is 0.895 bits per heavy atom. The molecule has 2 aromatic carbocycles. The number of rotatable bonds is 0. The second-order valence-corrected chi connectivity index (χ2v) is 3.50. The van der Waals surface area contributed by atoms with Crippen molar-refractivity contribution in [3.05, 3.63) is 59.7 Å². The Bertz CT molecular complexity index is 278. The van der Waals surface area contributed by atoms with Gasteiger partial charge in [-0.05, 0) is 0 Å². The smallest absolute Gasteiger partial charge is 0.855 e. The summed E-state index contributed by atoms with van der Waals surface area (Å²) in [6.07, 6.45) is 0. The van der Waals surface area contributed by atoms with E-state index in [1.165, 1.54) is 11.1 Å². The quantitative estimate of drug-likeness (QED) is 0.691. The van der Waals surface area contributed by atoms with Gasteiger partial charge in [-0.1, -0.05) is 27.7 Å². The van der Waals surface area contributed by atoms with Crippen molar-refractivity contribution in [3.8, 4) is 0 Å². The van der Waals surface area contributed by atoms with Gasteiger partial charge in [0.15, 0.2) is 0 Å². The summed E-state index contributed by atoms with van der Waals surface area (Å²) in [6.45, 7) is 7.31. The van der Waals surface area contributed by atoms with Gasteiger partial charge in [-0.25, -0.2) is 24.3 Å². The van der Waals surface area contributed by atoms with Crippen molar-refractivity contribution in [1.82, 2.24) is 0 Å². The molecule has 0 aromatic heterocycles. The number of hydrogen-bond donors (Lipinski definition) is 0. The molecule has 0 aliphatic rings. The molecule has 0 unspecified atom stereocenters. The molecule has 0 fully saturated rings. The van der Waals surface area contributed by atoms with Crippen LogP contribution in [0.2, 0.25) is 0 Å². The molecule has 0 bridgehead atoms. The molecule has 0 saturated carbocycles. The zero-order valence-electron chi connectivity index (χ0n) is 12.3. The average molecular weight is 340 g/mol. The minimum atomic E-state index is 0. The molecule has 19 heavy (non-hydrogen) atoms. The Kier molecular flexibility index (Phi) is 24.6. The monoisotopic (exact) mass is 338 g/mol. The SMILES string of the molecule is CC[O-].CC[O-].C[c-]1cccc1.C[c-]1cccc1.[Zr+4]. The van der Waals surface area contributed by atoms with Gasteiger partial charge in [0.05, 0.1) is 0 Å². The Labute approximate surface area is 137 Å². The third kappa shape index (κ3) is 23.1. The molecule has 0 saturated heterocycles. The molecule has 0 N–H and O–H groups in total. The van der Waals surface area contributed by atoms with Crippen LogP contribution in [0.3, 0.4) is 0 Å². The van der Waals surface area contributed by atoms with Crippen LogP contribution in [-0.2, 0) is 26.2 Å². The van der Waals surface area contributed by atoms with E-state index < -0.39 is 0 Å². The molecule has 0 spiro atoms. The molecular weight excluding hydrogens is 315 g/mol. The van der Waals surface area contributed by atoms with Crippen molar-refractivity contribution in [3.63, 3.8) is 0 Å². The van der Waals surface area contributed by atoms with Crippen LogP contribution in [-0.4, -0.2) is 13.2 Å². The Morgan fingerprint density at radius 1 is 0.684 bits per heavy atom. The van der Waals surface area contributed by atoms with Gasteiger partial charge in [-0.2, -0.15) is 35.4 Å². The van der Waals surface area contributed by atoms with Crippen molar-refractivity contribution in [1.29, 1.82) is 0 Å². The summed E-state index contributed by atoms with van der Waals surface area (Å²) >= 11 is 0. The van der Waals surface area contributed by atoms with Gasteiger partial charge < -0.3 is 10.2 Å². The Morgan fingerprint density at radius 2 is 0.842 bits per heavy atom. The maximum atomic E-state index is 8.93. The maximum Gasteiger partial charge on any atom is 4.00 e. The van der Waals surface area contributed by atoms with E-state index in [9.17, 15) is 0 Å². The molecule has 0 heterocycles. The van der Waals surface area contributed by atoms with E-state index in [1.807, 2.05) is 24.3 Å². The fourth-order valence-electron chi connectivity index (χ4n) is 0.940. The van der Waals surface area contributed by atoms with Crippen molar-refractivity contribution in [2.24, 2.45) is 0 Å². The maximum absolute atomic E-state index is 8.93. The van der Waals surface area contributed by atoms with Crippen LogP contribution in [0.25, 0.3) is 0 Å². The first-order valence-electron chi connectivity index (χ1n) is 6.15. The van der Waals surface area contributed by atoms with Gasteiger partial charge in [0, 0.05) is 0 Å². The minimum Gasteiger partial charge on any atom is -0.855 e. The molecule has 0 amide bonds. The van der Waals surface area contributed by atoms with Crippen LogP contribution in [0.4, 0.5) is 0 Å². The Hall–Kier alpha value is -0.497. The summed E-state index contributed by atoms with van der Waals surface area (Å²) in [6, 6.07) is 16.5. The third-order valence-electron chi connectivity index (χ3n) is 1.66. The van der Waals surface area contributed by atoms with Gasteiger partial charge >= 0.3 is 26.2 Å². The predicted molar refractivity (Wildman–Crippen MR) is 74.6 cm³/mol. The van der Waals surface area contributed by atoms with E-state index >= 15 is 0 Å². The van der Waals surface area contributed by atoms with E-state index in [-0.39, 0.29) is 39.4 Å². The van der Waals surface area contributed by atoms with Gasteiger partial charge in [0.2, 0.25) is 0 Å². The predicted octanol–water partition coefficient (Wildman–Crippen LogP) is 2.16. The fraction of sp³-hybridized carbons (Fsp3) is 0.375. The summed E-state index contributed by atoms with van der Waals surface area (Å²) < 4.78 is 0. The van der Waals surface area contributed by atoms with Gasteiger partial charge in [-0.15, -0.1) is 13.2 Å². The molecule has 2 nitrogen and oxygen atoms in total. The second-order valence-electron chi connectivity index (χ2n) is 3.50. The van der Waals surface area contributed by atoms with Crippen LogP contribution < -0.4 is 10.2 Å². The third-order valence-corrected chi connectivity index (χ3v) is 1.66. The van der Waals surface area contributed by atoms with Crippen LogP contribution in [0.15, 0.2) is 48.5 Å². The molecular formula is C16H24O2Zr. The van der Waals surface area contributed by atoms with Crippen LogP contribution >= 0.6 is 0 Å². The minimum absolute atomic E-state index is 0. The normalized spacial score (nSPS) is 7.47. The fourth-order valence-corrected chi connectivity index (χ4v) is 0.940. The van der Waals surface area contributed by atoms with E-state index in [4.69, 9.17) is 10.2 Å². The van der Waals surface area contributed by atoms with Crippen LogP contribution in [0, 0.1) is 13.8 Å². The van der Waals surface area contributed by atoms with Crippen LogP contribution in [0.1, 0.15) is 25.0 Å². The van der Waals surface area contributed by atoms with Gasteiger partial charge in [-0.3, -0.25) is 0 Å². The van der Waals surface area contributed by atoms with Gasteiger partial charge in [0.25, 0.3) is 0 Å². The molecule has 0 aliphatic carbocycles. The number of aryl methyl sites for hydroxylation is 2. The molecule has 104 valence electrons. The second kappa shape index (κ2) is 19.8. The summed E-state index contributed by atoms with van der Waals surface area (Å²) in [5.74, 6) is 0. The first-order valence-corrected chi connectivity index (χ1v) is 6.15. The van der Waals surface area contributed by atoms with E-state index in [0.717, 1.165) is 0 Å². The standard InChI is InChI=1S/2C6H7.2C2H5O.Zr/c2*1-6-4-2-3-5-6;2*1-2-3;/h2*2-5H,1H3;2*2H2,1H3;/q4*-1;+4. The van der Waals surface area contributed by atoms with Crippen molar-refractivity contribution < 1.29 is 36.4 Å². The average Bonchev–Trinajstić information content (AvgIpc) is 2.95. The van der Waals surface area contributed by atoms with Crippen molar-refractivity contribution >= 4 is 0 Å². The number of hydrogen-bond acceptors (Lipinski definition) is 2. The summed E-state index contributed by atoms with van der Waals surface area (Å²) in [5.41, 5.74) is 2.69. The Balaban J connectivity index is -0.000000188. The summed E-state index contributed by atoms with van der Waals surface area (Å²) in [4.78, 5) is 0. The van der Waals surface area contributed by atoms with E-state index in [0.29, 0.717) is 0 Å². The van der Waals surface area contributed by atoms with Crippen molar-refractivity contribution in [2.75, 3.05) is 13.2 Å². The first-order chi connectivity index (χ1) is 8.62. The van der Waals surface area contributed by atoms with Crippen LogP contribution in [0.5, 0.6) is 0 Å². The molecule has 0 radical (unpaired) electrons. The molecule has 2 rings (SSSR count). The molecule has 2 aromatic rings. The van der Waals surface area contributed by atoms with E-state index in [2.05, 4.69) is 38.1 Å².